The third kappa shape index (κ3) is 7.06. The number of amides is 1. The molecule has 3 aromatic carbocycles. The van der Waals surface area contributed by atoms with Gasteiger partial charge in [-0.3, -0.25) is 19.3 Å². The maximum absolute atomic E-state index is 12.9. The molecule has 2 aromatic heterocycles. The van der Waals surface area contributed by atoms with Crippen molar-refractivity contribution >= 4 is 50.2 Å². The monoisotopic (exact) mass is 826 g/mol. The van der Waals surface area contributed by atoms with Crippen molar-refractivity contribution < 1.29 is 27.5 Å². The van der Waals surface area contributed by atoms with E-state index in [-0.39, 0.29) is 18.0 Å². The van der Waals surface area contributed by atoms with Gasteiger partial charge in [-0.05, 0) is 74.4 Å². The Morgan fingerprint density at radius 3 is 2.42 bits per heavy atom. The maximum atomic E-state index is 12.9. The van der Waals surface area contributed by atoms with E-state index in [0.29, 0.717) is 112 Å². The number of β-amino-alcohol motifs (C(OH)–C–C–N with tert-alkyl or cyclic N) is 1. The van der Waals surface area contributed by atoms with E-state index in [1.807, 2.05) is 54.6 Å². The summed E-state index contributed by atoms with van der Waals surface area (Å²) >= 11 is 14.3. The number of aliphatic hydroxyl groups excluding tert-OH is 1. The van der Waals surface area contributed by atoms with Crippen LogP contribution in [0.5, 0.6) is 5.88 Å². The molecule has 294 valence electrons. The van der Waals surface area contributed by atoms with Crippen LogP contribution in [0, 0.1) is 17.2 Å². The number of oxazole rings is 1. The molecule has 2 saturated heterocycles. The van der Waals surface area contributed by atoms with Crippen LogP contribution < -0.4 is 9.46 Å². The summed E-state index contributed by atoms with van der Waals surface area (Å²) < 4.78 is 39.2. The van der Waals surface area contributed by atoms with Crippen molar-refractivity contribution in [1.29, 1.82) is 5.26 Å². The molecule has 57 heavy (non-hydrogen) atoms. The number of fused-ring (bicyclic) bond motifs is 2. The molecule has 0 bridgehead atoms. The summed E-state index contributed by atoms with van der Waals surface area (Å²) in [7, 11) is -2.02. The largest absolute Gasteiger partial charge is 0.481 e. The fourth-order valence-electron chi connectivity index (χ4n) is 8.67. The first-order chi connectivity index (χ1) is 27.5. The Balaban J connectivity index is 0.991. The Hall–Kier alpha value is -4.55. The molecule has 0 spiro atoms. The van der Waals surface area contributed by atoms with Crippen molar-refractivity contribution in [3.8, 4) is 45.8 Å². The first kappa shape index (κ1) is 38.0. The van der Waals surface area contributed by atoms with Gasteiger partial charge < -0.3 is 14.3 Å². The lowest BCUT2D eigenvalue weighted by Crippen LogP contribution is -2.38. The average molecular weight is 828 g/mol. The van der Waals surface area contributed by atoms with E-state index in [2.05, 4.69) is 20.6 Å². The lowest BCUT2D eigenvalue weighted by molar-refractivity contribution is -0.122. The zero-order valence-electron chi connectivity index (χ0n) is 31.2. The first-order valence-corrected chi connectivity index (χ1v) is 21.5. The number of sulfonamides is 1. The number of likely N-dealkylation sites (tertiary alicyclic amines) is 2. The number of ether oxygens (including phenoxy) is 1. The number of aliphatic hydroxyl groups is 1. The summed E-state index contributed by atoms with van der Waals surface area (Å²) in [4.78, 5) is 27.0. The van der Waals surface area contributed by atoms with Gasteiger partial charge in [-0.25, -0.2) is 18.4 Å². The molecule has 3 fully saturated rings. The summed E-state index contributed by atoms with van der Waals surface area (Å²) in [5.41, 5.74) is 7.39. The van der Waals surface area contributed by atoms with Crippen molar-refractivity contribution in [2.24, 2.45) is 5.92 Å². The van der Waals surface area contributed by atoms with Gasteiger partial charge in [-0.15, -0.1) is 0 Å². The molecule has 1 saturated carbocycles. The third-order valence-electron chi connectivity index (χ3n) is 11.8. The van der Waals surface area contributed by atoms with Crippen molar-refractivity contribution in [3.63, 3.8) is 0 Å². The molecule has 2 N–H and O–H groups in total. The number of methoxy groups -OCH3 is 1. The minimum Gasteiger partial charge on any atom is -0.481 e. The van der Waals surface area contributed by atoms with Crippen molar-refractivity contribution in [2.45, 2.75) is 62.5 Å². The van der Waals surface area contributed by atoms with Crippen LogP contribution in [0.3, 0.4) is 0 Å². The first-order valence-electron chi connectivity index (χ1n) is 19.2. The maximum Gasteiger partial charge on any atom is 0.237 e. The molecule has 4 heterocycles. The highest BCUT2D eigenvalue weighted by Crippen LogP contribution is 2.46. The molecule has 5 aromatic rings. The number of carbonyl (C=O) groups is 1. The summed E-state index contributed by atoms with van der Waals surface area (Å²) in [6, 6.07) is 19.4. The predicted molar refractivity (Wildman–Crippen MR) is 216 cm³/mol. The highest BCUT2D eigenvalue weighted by atomic mass is 35.5. The standard InChI is InChI=1S/C42H40Cl2N6O6S/c1-55-41-24(20-49-16-15-25(51)22-49)8-12-34(46-41)30-6-2-4-28(37(30)43)29-5-3-7-31(38(29)44)42-47-35-18-32-27(33(19-45)39(35)56-42)11-13-36(32)50-17-14-23(21-50)40(52)48-57(53,54)26-9-10-26/h2-8,12,18,23,25-26,36,51H,9-11,13-17,20-22H2,1H3,(H,48,52)/t23-,25-,36-/m1/s1. The van der Waals surface area contributed by atoms with E-state index >= 15 is 0 Å². The Bertz CT molecular complexity index is 2590. The van der Waals surface area contributed by atoms with Gasteiger partial charge in [0.15, 0.2) is 5.58 Å². The second kappa shape index (κ2) is 15.0. The van der Waals surface area contributed by atoms with Crippen molar-refractivity contribution in [2.75, 3.05) is 33.3 Å². The highest BCUT2D eigenvalue weighted by Gasteiger charge is 2.41. The molecule has 1 amide bonds. The van der Waals surface area contributed by atoms with Crippen LogP contribution in [0.25, 0.3) is 44.9 Å². The van der Waals surface area contributed by atoms with Crippen LogP contribution in [0.15, 0.2) is 59.0 Å². The minimum atomic E-state index is -3.61. The van der Waals surface area contributed by atoms with E-state index in [1.165, 1.54) is 0 Å². The van der Waals surface area contributed by atoms with Gasteiger partial charge >= 0.3 is 0 Å². The van der Waals surface area contributed by atoms with Crippen LogP contribution in [0.2, 0.25) is 10.0 Å². The molecule has 0 unspecified atom stereocenters. The van der Waals surface area contributed by atoms with Gasteiger partial charge in [0, 0.05) is 54.5 Å². The smallest absolute Gasteiger partial charge is 0.237 e. The number of hydrogen-bond acceptors (Lipinski definition) is 11. The van der Waals surface area contributed by atoms with E-state index in [4.69, 9.17) is 42.3 Å². The van der Waals surface area contributed by atoms with Crippen molar-refractivity contribution in [1.82, 2.24) is 24.5 Å². The number of aromatic nitrogens is 2. The van der Waals surface area contributed by atoms with E-state index < -0.39 is 27.1 Å². The molecule has 4 aliphatic rings. The summed E-state index contributed by atoms with van der Waals surface area (Å²) in [6.07, 6.45) is 3.60. The Kier molecular flexibility index (Phi) is 10.00. The van der Waals surface area contributed by atoms with Gasteiger partial charge in [-0.2, -0.15) is 5.26 Å². The predicted octanol–water partition coefficient (Wildman–Crippen LogP) is 6.90. The third-order valence-corrected chi connectivity index (χ3v) is 14.4. The van der Waals surface area contributed by atoms with E-state index in [1.54, 1.807) is 7.11 Å². The van der Waals surface area contributed by atoms with E-state index in [0.717, 1.165) is 36.1 Å². The second-order valence-corrected chi connectivity index (χ2v) is 18.1. The minimum absolute atomic E-state index is 0.0411. The fourth-order valence-corrected chi connectivity index (χ4v) is 10.7. The number of carbonyl (C=O) groups excluding carboxylic acids is 1. The number of hydrogen-bond donors (Lipinski definition) is 2. The average Bonchev–Trinajstić information content (AvgIpc) is 3.47. The zero-order chi connectivity index (χ0) is 39.6. The second-order valence-electron chi connectivity index (χ2n) is 15.4. The van der Waals surface area contributed by atoms with Crippen LogP contribution in [0.4, 0.5) is 0 Å². The quantitative estimate of drug-likeness (QED) is 0.151. The van der Waals surface area contributed by atoms with Gasteiger partial charge in [0.25, 0.3) is 0 Å². The molecular weight excluding hydrogens is 787 g/mol. The molecule has 2 aliphatic carbocycles. The summed E-state index contributed by atoms with van der Waals surface area (Å²) in [5, 5.41) is 20.8. The number of nitrogens with one attached hydrogen (secondary N) is 1. The molecular formula is C42H40Cl2N6O6S. The normalized spacial score (nSPS) is 21.2. The molecule has 0 radical (unpaired) electrons. The summed E-state index contributed by atoms with van der Waals surface area (Å²) in [5.74, 6) is -0.104. The molecule has 3 atom stereocenters. The fraction of sp³-hybridized carbons (Fsp3) is 0.381. The molecule has 15 heteroatoms. The number of rotatable bonds is 10. The number of benzene rings is 3. The topological polar surface area (TPSA) is 162 Å². The van der Waals surface area contributed by atoms with Crippen molar-refractivity contribution in [3.05, 3.63) is 86.9 Å². The van der Waals surface area contributed by atoms with Crippen LogP contribution in [-0.2, 0) is 27.8 Å². The Labute approximate surface area is 340 Å². The van der Waals surface area contributed by atoms with Gasteiger partial charge in [-0.1, -0.05) is 59.6 Å². The number of pyridine rings is 1. The zero-order valence-corrected chi connectivity index (χ0v) is 33.5. The molecule has 12 nitrogen and oxygen atoms in total. The highest BCUT2D eigenvalue weighted by molar-refractivity contribution is 7.90. The number of halogens is 2. The van der Waals surface area contributed by atoms with Crippen LogP contribution in [-0.4, -0.2) is 83.8 Å². The SMILES string of the molecule is COc1nc(-c2cccc(-c3cccc(-c4nc5cc6c(c(C#N)c5o4)CC[C@H]6N4CC[C@@H](C(=O)NS(=O)(=O)C5CC5)C4)c3Cl)c2Cl)ccc1CN1CC[C@@H](O)C1. The van der Waals surface area contributed by atoms with Crippen LogP contribution >= 0.6 is 23.2 Å². The van der Waals surface area contributed by atoms with Gasteiger partial charge in [0.2, 0.25) is 27.7 Å². The van der Waals surface area contributed by atoms with Gasteiger partial charge in [0.1, 0.15) is 17.1 Å². The Morgan fingerprint density at radius 2 is 1.72 bits per heavy atom. The van der Waals surface area contributed by atoms with Crippen LogP contribution in [0.1, 0.15) is 60.4 Å². The number of nitriles is 1. The van der Waals surface area contributed by atoms with E-state index in [9.17, 15) is 23.6 Å². The lowest BCUT2D eigenvalue weighted by Gasteiger charge is -2.24. The summed E-state index contributed by atoms with van der Waals surface area (Å²) in [6.45, 7) is 3.12. The molecule has 9 rings (SSSR count). The van der Waals surface area contributed by atoms with Gasteiger partial charge in [0.05, 0.1) is 45.7 Å². The Morgan fingerprint density at radius 1 is 0.982 bits per heavy atom. The lowest BCUT2D eigenvalue weighted by atomic mass is 9.99. The molecule has 2 aliphatic heterocycles. The number of nitrogens with zero attached hydrogens (tertiary/aromatic N) is 5.